The smallest absolute Gasteiger partial charge is 0.166 e. The molecule has 0 N–H and O–H groups in total. The summed E-state index contributed by atoms with van der Waals surface area (Å²) in [6.07, 6.45) is -4.28. The third-order valence-electron chi connectivity index (χ3n) is 1.90. The first-order chi connectivity index (χ1) is 6.21. The molecule has 0 aliphatic heterocycles. The number of alkyl halides is 4. The van der Waals surface area contributed by atoms with Crippen LogP contribution in [0.15, 0.2) is 24.3 Å². The molecule has 14 heavy (non-hydrogen) atoms. The fourth-order valence-electron chi connectivity index (χ4n) is 1.06. The molecule has 0 saturated heterocycles. The van der Waals surface area contributed by atoms with Crippen LogP contribution in [-0.4, -0.2) is 0 Å². The maximum absolute atomic E-state index is 12.2. The van der Waals surface area contributed by atoms with Crippen LogP contribution in [0, 0.1) is 0 Å². The zero-order chi connectivity index (χ0) is 11.0. The lowest BCUT2D eigenvalue weighted by Crippen LogP contribution is -2.09. The summed E-state index contributed by atoms with van der Waals surface area (Å²) in [6.45, 7) is 3.47. The fraction of sp³-hybridized carbons (Fsp3) is 0.400. The van der Waals surface area contributed by atoms with E-state index in [1.54, 1.807) is 13.8 Å². The van der Waals surface area contributed by atoms with E-state index in [9.17, 15) is 13.2 Å². The highest BCUT2D eigenvalue weighted by molar-refractivity contribution is 6.23. The molecule has 0 atom stereocenters. The molecule has 1 aromatic carbocycles. The zero-order valence-corrected chi connectivity index (χ0v) is 8.58. The molecule has 1 aromatic rings. The Morgan fingerprint density at radius 2 is 1.29 bits per heavy atom. The molecular weight excluding hydrogens is 213 g/mol. The molecular formula is C10H10ClF3. The molecule has 0 radical (unpaired) electrons. The molecule has 4 heteroatoms. The largest absolute Gasteiger partial charge is 0.416 e. The molecule has 0 nitrogen and oxygen atoms in total. The van der Waals surface area contributed by atoms with Crippen LogP contribution in [-0.2, 0) is 11.1 Å². The summed E-state index contributed by atoms with van der Waals surface area (Å²) >= 11 is 5.94. The van der Waals surface area contributed by atoms with Crippen LogP contribution in [0.1, 0.15) is 25.0 Å². The predicted molar refractivity (Wildman–Crippen MR) is 50.3 cm³/mol. The monoisotopic (exact) mass is 222 g/mol. The number of rotatable bonds is 1. The number of halogens is 4. The predicted octanol–water partition coefficient (Wildman–Crippen LogP) is 4.18. The van der Waals surface area contributed by atoms with Gasteiger partial charge in [-0.1, -0.05) is 12.1 Å². The van der Waals surface area contributed by atoms with Crippen molar-refractivity contribution in [3.63, 3.8) is 0 Å². The summed E-state index contributed by atoms with van der Waals surface area (Å²) in [6, 6.07) is 4.88. The summed E-state index contributed by atoms with van der Waals surface area (Å²) in [7, 11) is 0. The van der Waals surface area contributed by atoms with E-state index in [-0.39, 0.29) is 0 Å². The molecule has 0 aliphatic carbocycles. The molecule has 0 amide bonds. The quantitative estimate of drug-likeness (QED) is 0.626. The van der Waals surface area contributed by atoms with Crippen molar-refractivity contribution in [1.82, 2.24) is 0 Å². The molecule has 1 rings (SSSR count). The normalized spacial score (nSPS) is 13.0. The van der Waals surface area contributed by atoms with Crippen LogP contribution in [0.2, 0.25) is 0 Å². The second-order valence-corrected chi connectivity index (χ2v) is 4.49. The van der Waals surface area contributed by atoms with E-state index in [1.165, 1.54) is 12.1 Å². The Bertz CT molecular complexity index is 273. The second kappa shape index (κ2) is 3.46. The lowest BCUT2D eigenvalue weighted by atomic mass is 10.0. The minimum Gasteiger partial charge on any atom is -0.166 e. The first-order valence-corrected chi connectivity index (χ1v) is 4.46. The van der Waals surface area contributed by atoms with Crippen molar-refractivity contribution < 1.29 is 13.2 Å². The van der Waals surface area contributed by atoms with E-state index in [2.05, 4.69) is 0 Å². The van der Waals surface area contributed by atoms with Gasteiger partial charge in [0.05, 0.1) is 10.4 Å². The first-order valence-electron chi connectivity index (χ1n) is 4.08. The van der Waals surface area contributed by atoms with Gasteiger partial charge in [-0.15, -0.1) is 11.6 Å². The highest BCUT2D eigenvalue weighted by atomic mass is 35.5. The van der Waals surface area contributed by atoms with E-state index in [0.717, 1.165) is 12.1 Å². The molecule has 0 heterocycles. The molecule has 0 saturated carbocycles. The molecule has 0 fully saturated rings. The number of hydrogen-bond acceptors (Lipinski definition) is 0. The van der Waals surface area contributed by atoms with Gasteiger partial charge < -0.3 is 0 Å². The molecule has 0 aliphatic rings. The van der Waals surface area contributed by atoms with E-state index >= 15 is 0 Å². The van der Waals surface area contributed by atoms with E-state index in [1.807, 2.05) is 0 Å². The summed E-state index contributed by atoms with van der Waals surface area (Å²) < 4.78 is 36.5. The van der Waals surface area contributed by atoms with Crippen LogP contribution in [0.25, 0.3) is 0 Å². The minimum atomic E-state index is -4.28. The van der Waals surface area contributed by atoms with E-state index in [0.29, 0.717) is 5.56 Å². The summed E-state index contributed by atoms with van der Waals surface area (Å²) in [5, 5.41) is 0. The van der Waals surface area contributed by atoms with Gasteiger partial charge in [-0.3, -0.25) is 0 Å². The lowest BCUT2D eigenvalue weighted by Gasteiger charge is -2.16. The maximum atomic E-state index is 12.2. The van der Waals surface area contributed by atoms with Crippen LogP contribution in [0.4, 0.5) is 13.2 Å². The average molecular weight is 223 g/mol. The van der Waals surface area contributed by atoms with Crippen molar-refractivity contribution in [2.75, 3.05) is 0 Å². The highest BCUT2D eigenvalue weighted by Gasteiger charge is 2.30. The van der Waals surface area contributed by atoms with Crippen molar-refractivity contribution in [3.05, 3.63) is 35.4 Å². The summed E-state index contributed by atoms with van der Waals surface area (Å²) in [5.41, 5.74) is 0.0225. The number of hydrogen-bond donors (Lipinski definition) is 0. The van der Waals surface area contributed by atoms with Crippen molar-refractivity contribution >= 4 is 11.6 Å². The standard InChI is InChI=1S/C10H10ClF3/c1-9(2,11)7-3-5-8(6-4-7)10(12,13)14/h3-6H,1-2H3. The minimum absolute atomic E-state index is 0.635. The first kappa shape index (κ1) is 11.4. The molecule has 0 aromatic heterocycles. The van der Waals surface area contributed by atoms with Gasteiger partial charge in [0, 0.05) is 0 Å². The summed E-state index contributed by atoms with van der Waals surface area (Å²) in [4.78, 5) is -0.635. The van der Waals surface area contributed by atoms with Gasteiger partial charge in [0.1, 0.15) is 0 Å². The summed E-state index contributed by atoms with van der Waals surface area (Å²) in [5.74, 6) is 0. The highest BCUT2D eigenvalue weighted by Crippen LogP contribution is 2.32. The van der Waals surface area contributed by atoms with Gasteiger partial charge in [-0.25, -0.2) is 0 Å². The maximum Gasteiger partial charge on any atom is 0.416 e. The van der Waals surface area contributed by atoms with Gasteiger partial charge >= 0.3 is 6.18 Å². The van der Waals surface area contributed by atoms with Gasteiger partial charge in [0.2, 0.25) is 0 Å². The third kappa shape index (κ3) is 2.64. The van der Waals surface area contributed by atoms with E-state index in [4.69, 9.17) is 11.6 Å². The second-order valence-electron chi connectivity index (χ2n) is 3.55. The van der Waals surface area contributed by atoms with Crippen molar-refractivity contribution in [2.24, 2.45) is 0 Å². The Morgan fingerprint density at radius 3 is 1.57 bits per heavy atom. The SMILES string of the molecule is CC(C)(Cl)c1ccc(C(F)(F)F)cc1. The lowest BCUT2D eigenvalue weighted by molar-refractivity contribution is -0.137. The van der Waals surface area contributed by atoms with Crippen LogP contribution < -0.4 is 0 Å². The van der Waals surface area contributed by atoms with E-state index < -0.39 is 16.6 Å². The molecule has 0 spiro atoms. The van der Waals surface area contributed by atoms with Crippen LogP contribution in [0.5, 0.6) is 0 Å². The van der Waals surface area contributed by atoms with Crippen molar-refractivity contribution in [1.29, 1.82) is 0 Å². The molecule has 0 unspecified atom stereocenters. The van der Waals surface area contributed by atoms with Crippen molar-refractivity contribution in [3.8, 4) is 0 Å². The van der Waals surface area contributed by atoms with Gasteiger partial charge in [0.25, 0.3) is 0 Å². The van der Waals surface area contributed by atoms with Gasteiger partial charge in [-0.05, 0) is 31.5 Å². The number of benzene rings is 1. The zero-order valence-electron chi connectivity index (χ0n) is 7.82. The van der Waals surface area contributed by atoms with Crippen molar-refractivity contribution in [2.45, 2.75) is 24.9 Å². The van der Waals surface area contributed by atoms with Gasteiger partial charge in [0.15, 0.2) is 0 Å². The Hall–Kier alpha value is -0.700. The van der Waals surface area contributed by atoms with Crippen LogP contribution in [0.3, 0.4) is 0 Å². The average Bonchev–Trinajstić information content (AvgIpc) is 2.01. The van der Waals surface area contributed by atoms with Crippen LogP contribution >= 0.6 is 11.6 Å². The van der Waals surface area contributed by atoms with Gasteiger partial charge in [-0.2, -0.15) is 13.2 Å². The fourth-order valence-corrected chi connectivity index (χ4v) is 1.18. The topological polar surface area (TPSA) is 0 Å². The Balaban J connectivity index is 3.02. The Kier molecular flexibility index (Phi) is 2.81. The third-order valence-corrected chi connectivity index (χ3v) is 2.12. The Morgan fingerprint density at radius 1 is 0.929 bits per heavy atom. The molecule has 0 bridgehead atoms. The molecule has 78 valence electrons. The Labute approximate surface area is 85.7 Å².